The number of nitrogens with zero attached hydrogens (tertiary/aromatic N) is 1. The van der Waals surface area contributed by atoms with Crippen molar-refractivity contribution in [3.63, 3.8) is 0 Å². The summed E-state index contributed by atoms with van der Waals surface area (Å²) in [5, 5.41) is 3.55. The molecule has 5 nitrogen and oxygen atoms in total. The molecule has 0 aliphatic rings. The fourth-order valence-electron chi connectivity index (χ4n) is 2.77. The number of hydrogen-bond donors (Lipinski definition) is 1. The highest BCUT2D eigenvalue weighted by Crippen LogP contribution is 2.27. The summed E-state index contributed by atoms with van der Waals surface area (Å²) in [6.45, 7) is 1.45. The van der Waals surface area contributed by atoms with E-state index >= 15 is 0 Å². The molecule has 0 aliphatic carbocycles. The first-order valence-corrected chi connectivity index (χ1v) is 12.0. The van der Waals surface area contributed by atoms with Crippen LogP contribution in [-0.2, 0) is 14.8 Å². The van der Waals surface area contributed by atoms with Gasteiger partial charge in [0, 0.05) is 19.3 Å². The van der Waals surface area contributed by atoms with E-state index in [0.29, 0.717) is 15.7 Å². The maximum absolute atomic E-state index is 13.3. The van der Waals surface area contributed by atoms with Crippen LogP contribution < -0.4 is 9.62 Å². The second kappa shape index (κ2) is 9.55. The standard InChI is InChI=1S/C21H17Cl2IN2O3S/c1-14-11-17(24)7-10-20(14)25-21(27)13-26(18-4-2-3-16(23)12-18)30(28,29)19-8-5-15(22)6-9-19/h2-12H,13H2,1H3,(H,25,27). The molecule has 0 aromatic heterocycles. The number of benzene rings is 3. The Hall–Kier alpha value is -1.81. The Morgan fingerprint density at radius 2 is 1.70 bits per heavy atom. The molecule has 1 N–H and O–H groups in total. The molecule has 0 spiro atoms. The van der Waals surface area contributed by atoms with Crippen molar-refractivity contribution in [3.8, 4) is 0 Å². The number of sulfonamides is 1. The number of aryl methyl sites for hydroxylation is 1. The van der Waals surface area contributed by atoms with E-state index in [0.717, 1.165) is 13.4 Å². The number of amides is 1. The van der Waals surface area contributed by atoms with Gasteiger partial charge in [-0.3, -0.25) is 9.10 Å². The molecule has 3 rings (SSSR count). The maximum Gasteiger partial charge on any atom is 0.264 e. The van der Waals surface area contributed by atoms with Gasteiger partial charge >= 0.3 is 0 Å². The summed E-state index contributed by atoms with van der Waals surface area (Å²) in [6, 6.07) is 17.7. The average molecular weight is 575 g/mol. The molecule has 0 heterocycles. The van der Waals surface area contributed by atoms with E-state index in [9.17, 15) is 13.2 Å². The van der Waals surface area contributed by atoms with E-state index in [2.05, 4.69) is 27.9 Å². The van der Waals surface area contributed by atoms with E-state index in [1.807, 2.05) is 19.1 Å². The van der Waals surface area contributed by atoms with Crippen molar-refractivity contribution in [2.24, 2.45) is 0 Å². The highest BCUT2D eigenvalue weighted by Gasteiger charge is 2.27. The van der Waals surface area contributed by atoms with Crippen LogP contribution in [0, 0.1) is 10.5 Å². The Balaban J connectivity index is 1.95. The van der Waals surface area contributed by atoms with Crippen LogP contribution in [0.5, 0.6) is 0 Å². The van der Waals surface area contributed by atoms with Crippen molar-refractivity contribution in [3.05, 3.63) is 85.9 Å². The summed E-state index contributed by atoms with van der Waals surface area (Å²) in [5.74, 6) is -0.475. The smallest absolute Gasteiger partial charge is 0.264 e. The maximum atomic E-state index is 13.3. The molecule has 0 aliphatic heterocycles. The predicted molar refractivity (Wildman–Crippen MR) is 130 cm³/mol. The quantitative estimate of drug-likeness (QED) is 0.382. The molecule has 0 radical (unpaired) electrons. The number of anilines is 2. The summed E-state index contributed by atoms with van der Waals surface area (Å²) in [4.78, 5) is 12.8. The van der Waals surface area contributed by atoms with Gasteiger partial charge in [0.15, 0.2) is 0 Å². The third kappa shape index (κ3) is 5.46. The lowest BCUT2D eigenvalue weighted by atomic mass is 10.2. The van der Waals surface area contributed by atoms with Gasteiger partial charge in [0.25, 0.3) is 10.0 Å². The molecular weight excluding hydrogens is 558 g/mol. The Bertz CT molecular complexity index is 1190. The van der Waals surface area contributed by atoms with Crippen LogP contribution in [-0.4, -0.2) is 20.9 Å². The molecule has 0 atom stereocenters. The van der Waals surface area contributed by atoms with Crippen molar-refractivity contribution >= 4 is 73.1 Å². The molecule has 0 saturated carbocycles. The zero-order valence-electron chi connectivity index (χ0n) is 15.8. The van der Waals surface area contributed by atoms with Crippen molar-refractivity contribution in [1.82, 2.24) is 0 Å². The zero-order chi connectivity index (χ0) is 21.9. The molecule has 30 heavy (non-hydrogen) atoms. The lowest BCUT2D eigenvalue weighted by molar-refractivity contribution is -0.114. The van der Waals surface area contributed by atoms with E-state index in [4.69, 9.17) is 23.2 Å². The number of carbonyl (C=O) groups is 1. The predicted octanol–water partition coefficient (Wildman–Crippen LogP) is 5.74. The Morgan fingerprint density at radius 1 is 1.00 bits per heavy atom. The fourth-order valence-corrected chi connectivity index (χ4v) is 5.14. The molecular formula is C21H17Cl2IN2O3S. The van der Waals surface area contributed by atoms with Crippen LogP contribution in [0.25, 0.3) is 0 Å². The van der Waals surface area contributed by atoms with Crippen LogP contribution in [0.2, 0.25) is 10.0 Å². The number of nitrogens with one attached hydrogen (secondary N) is 1. The molecule has 3 aromatic carbocycles. The monoisotopic (exact) mass is 574 g/mol. The van der Waals surface area contributed by atoms with Crippen molar-refractivity contribution in [2.45, 2.75) is 11.8 Å². The third-order valence-electron chi connectivity index (χ3n) is 4.25. The van der Waals surface area contributed by atoms with E-state index in [-0.39, 0.29) is 10.6 Å². The van der Waals surface area contributed by atoms with E-state index < -0.39 is 22.5 Å². The van der Waals surface area contributed by atoms with Gasteiger partial charge in [-0.2, -0.15) is 0 Å². The first-order valence-electron chi connectivity index (χ1n) is 8.77. The van der Waals surface area contributed by atoms with Gasteiger partial charge in [-0.25, -0.2) is 8.42 Å². The average Bonchev–Trinajstić information content (AvgIpc) is 2.68. The SMILES string of the molecule is Cc1cc(I)ccc1NC(=O)CN(c1cccc(Cl)c1)S(=O)(=O)c1ccc(Cl)cc1. The minimum atomic E-state index is -4.04. The molecule has 3 aromatic rings. The van der Waals surface area contributed by atoms with Gasteiger partial charge in [0.05, 0.1) is 10.6 Å². The van der Waals surface area contributed by atoms with Gasteiger partial charge in [-0.15, -0.1) is 0 Å². The fraction of sp³-hybridized carbons (Fsp3) is 0.0952. The number of hydrogen-bond acceptors (Lipinski definition) is 3. The normalized spacial score (nSPS) is 11.2. The molecule has 1 amide bonds. The number of rotatable bonds is 6. The molecule has 0 fully saturated rings. The second-order valence-electron chi connectivity index (χ2n) is 6.45. The minimum Gasteiger partial charge on any atom is -0.324 e. The van der Waals surface area contributed by atoms with Crippen LogP contribution >= 0.6 is 45.8 Å². The summed E-state index contributed by atoms with van der Waals surface area (Å²) in [7, 11) is -4.04. The third-order valence-corrected chi connectivity index (χ3v) is 7.19. The largest absolute Gasteiger partial charge is 0.324 e. The molecule has 0 bridgehead atoms. The van der Waals surface area contributed by atoms with Crippen LogP contribution in [0.4, 0.5) is 11.4 Å². The van der Waals surface area contributed by atoms with Gasteiger partial charge in [0.1, 0.15) is 6.54 Å². The summed E-state index contributed by atoms with van der Waals surface area (Å²) in [5.41, 5.74) is 1.78. The highest BCUT2D eigenvalue weighted by molar-refractivity contribution is 14.1. The molecule has 9 heteroatoms. The summed E-state index contributed by atoms with van der Waals surface area (Å²) in [6.07, 6.45) is 0. The van der Waals surface area contributed by atoms with Crippen molar-refractivity contribution in [1.29, 1.82) is 0 Å². The van der Waals surface area contributed by atoms with Crippen molar-refractivity contribution < 1.29 is 13.2 Å². The first kappa shape index (κ1) is 22.9. The van der Waals surface area contributed by atoms with Crippen LogP contribution in [0.3, 0.4) is 0 Å². The lowest BCUT2D eigenvalue weighted by Gasteiger charge is -2.24. The molecule has 0 unspecified atom stereocenters. The van der Waals surface area contributed by atoms with E-state index in [1.165, 1.54) is 30.3 Å². The van der Waals surface area contributed by atoms with Gasteiger partial charge in [-0.05, 0) is 95.7 Å². The Morgan fingerprint density at radius 3 is 2.33 bits per heavy atom. The first-order chi connectivity index (χ1) is 14.2. The van der Waals surface area contributed by atoms with Crippen molar-refractivity contribution in [2.75, 3.05) is 16.2 Å². The van der Waals surface area contributed by atoms with Gasteiger partial charge in [0.2, 0.25) is 5.91 Å². The van der Waals surface area contributed by atoms with Gasteiger partial charge in [-0.1, -0.05) is 29.3 Å². The summed E-state index contributed by atoms with van der Waals surface area (Å²) >= 11 is 14.1. The minimum absolute atomic E-state index is 0.0186. The zero-order valence-corrected chi connectivity index (χ0v) is 20.3. The molecule has 156 valence electrons. The topological polar surface area (TPSA) is 66.5 Å². The Labute approximate surface area is 199 Å². The number of halogens is 3. The lowest BCUT2D eigenvalue weighted by Crippen LogP contribution is -2.38. The number of carbonyl (C=O) groups excluding carboxylic acids is 1. The Kier molecular flexibility index (Phi) is 7.28. The van der Waals surface area contributed by atoms with Gasteiger partial charge < -0.3 is 5.32 Å². The van der Waals surface area contributed by atoms with E-state index in [1.54, 1.807) is 24.3 Å². The highest BCUT2D eigenvalue weighted by atomic mass is 127. The summed E-state index contributed by atoms with van der Waals surface area (Å²) < 4.78 is 28.7. The second-order valence-corrected chi connectivity index (χ2v) is 10.4. The van der Waals surface area contributed by atoms with Crippen LogP contribution in [0.1, 0.15) is 5.56 Å². The van der Waals surface area contributed by atoms with Crippen LogP contribution in [0.15, 0.2) is 71.6 Å². The molecule has 0 saturated heterocycles.